The van der Waals surface area contributed by atoms with Gasteiger partial charge in [-0.1, -0.05) is 0 Å². The zero-order valence-electron chi connectivity index (χ0n) is 11.7. The molecule has 1 heterocycles. The first-order chi connectivity index (χ1) is 8.44. The molecule has 0 saturated heterocycles. The lowest BCUT2D eigenvalue weighted by molar-refractivity contribution is -0.137. The fourth-order valence-electron chi connectivity index (χ4n) is 1.81. The van der Waals surface area contributed by atoms with Gasteiger partial charge in [0, 0.05) is 5.54 Å². The van der Waals surface area contributed by atoms with E-state index >= 15 is 0 Å². The molecule has 108 valence electrons. The van der Waals surface area contributed by atoms with E-state index in [4.69, 9.17) is 5.11 Å². The van der Waals surface area contributed by atoms with Crippen LogP contribution >= 0.6 is 0 Å². The molecule has 2 N–H and O–H groups in total. The van der Waals surface area contributed by atoms with Gasteiger partial charge in [-0.05, 0) is 34.6 Å². The van der Waals surface area contributed by atoms with Crippen LogP contribution in [0, 0.1) is 13.8 Å². The quantitative estimate of drug-likeness (QED) is 0.848. The van der Waals surface area contributed by atoms with Crippen molar-refractivity contribution < 1.29 is 18.3 Å². The zero-order valence-corrected chi connectivity index (χ0v) is 12.5. The van der Waals surface area contributed by atoms with Crippen LogP contribution in [0.1, 0.15) is 32.2 Å². The molecule has 0 saturated carbocycles. The van der Waals surface area contributed by atoms with Crippen LogP contribution in [0.25, 0.3) is 0 Å². The topological polar surface area (TPSA) is 101 Å². The summed E-state index contributed by atoms with van der Waals surface area (Å²) in [6, 6.07) is 0. The lowest BCUT2D eigenvalue weighted by atomic mass is 10.1. The van der Waals surface area contributed by atoms with Crippen LogP contribution in [0.3, 0.4) is 0 Å². The third-order valence-electron chi connectivity index (χ3n) is 2.31. The maximum Gasteiger partial charge on any atom is 0.325 e. The van der Waals surface area contributed by atoms with Crippen LogP contribution in [0.4, 0.5) is 0 Å². The lowest BCUT2D eigenvalue weighted by Gasteiger charge is -2.20. The number of sulfonamides is 1. The van der Waals surface area contributed by atoms with Crippen molar-refractivity contribution in [3.05, 3.63) is 11.4 Å². The Morgan fingerprint density at radius 3 is 2.32 bits per heavy atom. The van der Waals surface area contributed by atoms with Gasteiger partial charge in [-0.3, -0.25) is 9.48 Å². The van der Waals surface area contributed by atoms with E-state index < -0.39 is 21.5 Å². The summed E-state index contributed by atoms with van der Waals surface area (Å²) in [6.07, 6.45) is 0. The lowest BCUT2D eigenvalue weighted by Crippen LogP contribution is -2.40. The Balaban J connectivity index is 3.28. The van der Waals surface area contributed by atoms with E-state index in [1.807, 2.05) is 0 Å². The molecule has 0 fully saturated rings. The van der Waals surface area contributed by atoms with Crippen LogP contribution in [0.15, 0.2) is 4.90 Å². The molecule has 8 heteroatoms. The second kappa shape index (κ2) is 4.93. The Labute approximate surface area is 112 Å². The van der Waals surface area contributed by atoms with Crippen molar-refractivity contribution in [2.45, 2.75) is 51.6 Å². The molecular formula is C11H19N3O4S. The Kier molecular flexibility index (Phi) is 4.06. The molecule has 0 aliphatic heterocycles. The van der Waals surface area contributed by atoms with Gasteiger partial charge in [-0.25, -0.2) is 13.1 Å². The molecule has 0 aliphatic rings. The van der Waals surface area contributed by atoms with Crippen molar-refractivity contribution in [1.29, 1.82) is 0 Å². The molecule has 19 heavy (non-hydrogen) atoms. The summed E-state index contributed by atoms with van der Waals surface area (Å²) < 4.78 is 28.3. The monoisotopic (exact) mass is 289 g/mol. The highest BCUT2D eigenvalue weighted by Crippen LogP contribution is 2.21. The predicted molar refractivity (Wildman–Crippen MR) is 69.4 cm³/mol. The molecule has 0 spiro atoms. The summed E-state index contributed by atoms with van der Waals surface area (Å²) in [5.74, 6) is -1.07. The van der Waals surface area contributed by atoms with Gasteiger partial charge in [-0.15, -0.1) is 0 Å². The first-order valence-corrected chi connectivity index (χ1v) is 7.22. The molecule has 0 bridgehead atoms. The Morgan fingerprint density at radius 1 is 1.37 bits per heavy atom. The number of nitrogens with one attached hydrogen (secondary N) is 1. The average molecular weight is 289 g/mol. The Hall–Kier alpha value is -1.41. The van der Waals surface area contributed by atoms with Gasteiger partial charge in [0.15, 0.2) is 0 Å². The van der Waals surface area contributed by atoms with Gasteiger partial charge in [0.05, 0.1) is 11.4 Å². The van der Waals surface area contributed by atoms with E-state index in [0.717, 1.165) is 0 Å². The van der Waals surface area contributed by atoms with Crippen LogP contribution in [0.5, 0.6) is 0 Å². The fourth-order valence-corrected chi connectivity index (χ4v) is 3.64. The average Bonchev–Trinajstić information content (AvgIpc) is 2.36. The van der Waals surface area contributed by atoms with Gasteiger partial charge in [0.2, 0.25) is 10.0 Å². The largest absolute Gasteiger partial charge is 0.480 e. The number of aliphatic carboxylic acids is 1. The summed E-state index contributed by atoms with van der Waals surface area (Å²) in [5, 5.41) is 12.7. The minimum absolute atomic E-state index is 0.0451. The minimum Gasteiger partial charge on any atom is -0.480 e. The summed E-state index contributed by atoms with van der Waals surface area (Å²) in [5.41, 5.74) is -0.0146. The number of aromatic nitrogens is 2. The van der Waals surface area contributed by atoms with Crippen molar-refractivity contribution >= 4 is 16.0 Å². The van der Waals surface area contributed by atoms with E-state index in [0.29, 0.717) is 5.69 Å². The fraction of sp³-hybridized carbons (Fsp3) is 0.636. The molecule has 1 aromatic rings. The normalized spacial score (nSPS) is 12.7. The van der Waals surface area contributed by atoms with Gasteiger partial charge < -0.3 is 5.11 Å². The van der Waals surface area contributed by atoms with Crippen molar-refractivity contribution in [3.63, 3.8) is 0 Å². The molecule has 0 amide bonds. The smallest absolute Gasteiger partial charge is 0.325 e. The number of carboxylic acids is 1. The molecule has 1 aromatic heterocycles. The van der Waals surface area contributed by atoms with Gasteiger partial charge in [0.25, 0.3) is 0 Å². The molecule has 1 rings (SSSR count). The molecule has 7 nitrogen and oxygen atoms in total. The Bertz CT molecular complexity index is 596. The second-order valence-electron chi connectivity index (χ2n) is 5.41. The number of hydrogen-bond acceptors (Lipinski definition) is 4. The Morgan fingerprint density at radius 2 is 1.89 bits per heavy atom. The summed E-state index contributed by atoms with van der Waals surface area (Å²) in [7, 11) is -3.72. The first kappa shape index (κ1) is 15.6. The summed E-state index contributed by atoms with van der Waals surface area (Å²) in [4.78, 5) is 10.7. The number of aryl methyl sites for hydroxylation is 1. The van der Waals surface area contributed by atoms with E-state index in [1.165, 1.54) is 4.68 Å². The molecule has 0 atom stereocenters. The standard InChI is InChI=1S/C11H19N3O4S/c1-7-10(19(17,18)13-11(3,4)5)8(2)14(12-7)6-9(15)16/h13H,6H2,1-5H3,(H,15,16). The molecular weight excluding hydrogens is 270 g/mol. The van der Waals surface area contributed by atoms with Crippen molar-refractivity contribution in [2.24, 2.45) is 0 Å². The highest BCUT2D eigenvalue weighted by Gasteiger charge is 2.28. The number of carboxylic acid groups (broad SMARTS) is 1. The van der Waals surface area contributed by atoms with E-state index in [-0.39, 0.29) is 17.1 Å². The minimum atomic E-state index is -3.72. The van der Waals surface area contributed by atoms with Crippen LogP contribution in [-0.2, 0) is 21.4 Å². The van der Waals surface area contributed by atoms with Crippen LogP contribution in [0.2, 0.25) is 0 Å². The number of hydrogen-bond donors (Lipinski definition) is 2. The molecule has 0 aliphatic carbocycles. The third kappa shape index (κ3) is 3.77. The maximum absolute atomic E-state index is 12.3. The molecule has 0 radical (unpaired) electrons. The number of carbonyl (C=O) groups is 1. The molecule has 0 unspecified atom stereocenters. The van der Waals surface area contributed by atoms with E-state index in [9.17, 15) is 13.2 Å². The first-order valence-electron chi connectivity index (χ1n) is 5.74. The highest BCUT2D eigenvalue weighted by molar-refractivity contribution is 7.89. The van der Waals surface area contributed by atoms with Crippen molar-refractivity contribution in [3.8, 4) is 0 Å². The van der Waals surface area contributed by atoms with E-state index in [2.05, 4.69) is 9.82 Å². The summed E-state index contributed by atoms with van der Waals surface area (Å²) in [6.45, 7) is 7.92. The SMILES string of the molecule is Cc1nn(CC(=O)O)c(C)c1S(=O)(=O)NC(C)(C)C. The second-order valence-corrected chi connectivity index (χ2v) is 7.03. The van der Waals surface area contributed by atoms with Gasteiger partial charge >= 0.3 is 5.97 Å². The van der Waals surface area contributed by atoms with Crippen molar-refractivity contribution in [2.75, 3.05) is 0 Å². The number of nitrogens with zero attached hydrogens (tertiary/aromatic N) is 2. The van der Waals surface area contributed by atoms with Crippen LogP contribution < -0.4 is 4.72 Å². The van der Waals surface area contributed by atoms with Crippen molar-refractivity contribution in [1.82, 2.24) is 14.5 Å². The third-order valence-corrected chi connectivity index (χ3v) is 4.32. The maximum atomic E-state index is 12.3. The number of rotatable bonds is 4. The summed E-state index contributed by atoms with van der Waals surface area (Å²) >= 11 is 0. The zero-order chi connectivity index (χ0) is 15.0. The predicted octanol–water partition coefficient (Wildman–Crippen LogP) is 0.661. The van der Waals surface area contributed by atoms with E-state index in [1.54, 1.807) is 34.6 Å². The van der Waals surface area contributed by atoms with Gasteiger partial charge in [-0.2, -0.15) is 5.10 Å². The van der Waals surface area contributed by atoms with Gasteiger partial charge in [0.1, 0.15) is 11.4 Å². The molecule has 0 aromatic carbocycles. The highest BCUT2D eigenvalue weighted by atomic mass is 32.2. The van der Waals surface area contributed by atoms with Crippen LogP contribution in [-0.4, -0.2) is 34.8 Å².